The summed E-state index contributed by atoms with van der Waals surface area (Å²) in [6.07, 6.45) is 38.7. The standard InChI is InChI=1S/C39H70O5/c1-4-7-10-13-15-17-19-20-21-22-24-27-29-32-38(40)43-36-37(44-39(41)33-30-26-12-9-6-3)35-42-34-31-28-25-23-18-16-14-11-8-5-2/h7,10,15,17,20-21,37H,4-6,8-9,11-14,16,18-19,22-36H2,1-3H3/b10-7-,17-15-,21-20-. The lowest BCUT2D eigenvalue weighted by atomic mass is 10.1. The van der Waals surface area contributed by atoms with E-state index in [1.807, 2.05) is 0 Å². The van der Waals surface area contributed by atoms with E-state index in [4.69, 9.17) is 14.2 Å². The van der Waals surface area contributed by atoms with Crippen LogP contribution in [0, 0.1) is 0 Å². The summed E-state index contributed by atoms with van der Waals surface area (Å²) in [5.74, 6) is -0.444. The number of rotatable bonds is 33. The number of esters is 2. The second kappa shape index (κ2) is 35.6. The fraction of sp³-hybridized carbons (Fsp3) is 0.795. The molecule has 0 N–H and O–H groups in total. The zero-order chi connectivity index (χ0) is 32.2. The zero-order valence-electron chi connectivity index (χ0n) is 29.2. The molecule has 5 heteroatoms. The van der Waals surface area contributed by atoms with Crippen LogP contribution < -0.4 is 0 Å². The molecule has 44 heavy (non-hydrogen) atoms. The van der Waals surface area contributed by atoms with Crippen molar-refractivity contribution in [3.63, 3.8) is 0 Å². The van der Waals surface area contributed by atoms with Crippen molar-refractivity contribution in [2.24, 2.45) is 0 Å². The summed E-state index contributed by atoms with van der Waals surface area (Å²) in [5.41, 5.74) is 0. The normalized spacial score (nSPS) is 12.5. The van der Waals surface area contributed by atoms with E-state index in [9.17, 15) is 9.59 Å². The van der Waals surface area contributed by atoms with Crippen molar-refractivity contribution >= 4 is 11.9 Å². The fourth-order valence-electron chi connectivity index (χ4n) is 4.93. The molecule has 0 fully saturated rings. The molecule has 0 aromatic carbocycles. The van der Waals surface area contributed by atoms with E-state index >= 15 is 0 Å². The first-order valence-corrected chi connectivity index (χ1v) is 18.5. The van der Waals surface area contributed by atoms with Gasteiger partial charge < -0.3 is 14.2 Å². The molecule has 0 amide bonds. The number of unbranched alkanes of at least 4 members (excludes halogenated alkanes) is 16. The predicted molar refractivity (Wildman–Crippen MR) is 187 cm³/mol. The summed E-state index contributed by atoms with van der Waals surface area (Å²) in [4.78, 5) is 24.8. The molecule has 0 radical (unpaired) electrons. The highest BCUT2D eigenvalue weighted by Gasteiger charge is 2.17. The molecule has 1 unspecified atom stereocenters. The van der Waals surface area contributed by atoms with Crippen LogP contribution in [0.15, 0.2) is 36.5 Å². The molecule has 256 valence electrons. The van der Waals surface area contributed by atoms with Gasteiger partial charge in [-0.3, -0.25) is 9.59 Å². The van der Waals surface area contributed by atoms with Gasteiger partial charge in [-0.25, -0.2) is 0 Å². The van der Waals surface area contributed by atoms with Crippen molar-refractivity contribution in [3.05, 3.63) is 36.5 Å². The molecule has 0 aliphatic carbocycles. The first kappa shape index (κ1) is 42.1. The highest BCUT2D eigenvalue weighted by Crippen LogP contribution is 2.12. The predicted octanol–water partition coefficient (Wildman–Crippen LogP) is 11.5. The largest absolute Gasteiger partial charge is 0.462 e. The van der Waals surface area contributed by atoms with Crippen LogP contribution in [0.2, 0.25) is 0 Å². The van der Waals surface area contributed by atoms with Crippen LogP contribution in [0.5, 0.6) is 0 Å². The number of hydrogen-bond acceptors (Lipinski definition) is 5. The number of hydrogen-bond donors (Lipinski definition) is 0. The molecule has 0 aliphatic heterocycles. The van der Waals surface area contributed by atoms with E-state index in [0.717, 1.165) is 77.0 Å². The van der Waals surface area contributed by atoms with Gasteiger partial charge in [-0.2, -0.15) is 0 Å². The van der Waals surface area contributed by atoms with E-state index in [0.29, 0.717) is 19.4 Å². The highest BCUT2D eigenvalue weighted by molar-refractivity contribution is 5.70. The summed E-state index contributed by atoms with van der Waals surface area (Å²) in [6, 6.07) is 0. The number of allylic oxidation sites excluding steroid dienone is 6. The topological polar surface area (TPSA) is 61.8 Å². The number of ether oxygens (including phenoxy) is 3. The third-order valence-corrected chi connectivity index (χ3v) is 7.69. The maximum Gasteiger partial charge on any atom is 0.306 e. The van der Waals surface area contributed by atoms with Crippen LogP contribution in [-0.4, -0.2) is 37.9 Å². The van der Waals surface area contributed by atoms with Gasteiger partial charge in [0.15, 0.2) is 6.10 Å². The van der Waals surface area contributed by atoms with Crippen LogP contribution in [0.25, 0.3) is 0 Å². The Bertz CT molecular complexity index is 711. The number of carbonyl (C=O) groups excluding carboxylic acids is 2. The van der Waals surface area contributed by atoms with Gasteiger partial charge in [0.25, 0.3) is 0 Å². The van der Waals surface area contributed by atoms with Crippen molar-refractivity contribution in [3.8, 4) is 0 Å². The third kappa shape index (κ3) is 33.0. The SMILES string of the molecule is CC/C=C\C/C=C\C/C=C\CCCCCC(=O)OCC(COCCCCCCCCCCCC)OC(=O)CCCCCCC. The Morgan fingerprint density at radius 3 is 1.64 bits per heavy atom. The average molecular weight is 619 g/mol. The Morgan fingerprint density at radius 1 is 0.523 bits per heavy atom. The first-order valence-electron chi connectivity index (χ1n) is 18.5. The van der Waals surface area contributed by atoms with Crippen LogP contribution >= 0.6 is 0 Å². The van der Waals surface area contributed by atoms with Gasteiger partial charge in [0.2, 0.25) is 0 Å². The Morgan fingerprint density at radius 2 is 1.02 bits per heavy atom. The van der Waals surface area contributed by atoms with Crippen molar-refractivity contribution in [1.29, 1.82) is 0 Å². The lowest BCUT2D eigenvalue weighted by Gasteiger charge is -2.18. The van der Waals surface area contributed by atoms with E-state index < -0.39 is 6.10 Å². The molecule has 0 aromatic rings. The van der Waals surface area contributed by atoms with Gasteiger partial charge in [0, 0.05) is 19.4 Å². The highest BCUT2D eigenvalue weighted by atomic mass is 16.6. The van der Waals surface area contributed by atoms with Gasteiger partial charge in [0.05, 0.1) is 6.61 Å². The van der Waals surface area contributed by atoms with Gasteiger partial charge in [-0.1, -0.05) is 147 Å². The monoisotopic (exact) mass is 619 g/mol. The number of carbonyl (C=O) groups is 2. The maximum absolute atomic E-state index is 12.4. The summed E-state index contributed by atoms with van der Waals surface area (Å²) in [6.45, 7) is 7.59. The van der Waals surface area contributed by atoms with Gasteiger partial charge in [-0.15, -0.1) is 0 Å². The summed E-state index contributed by atoms with van der Waals surface area (Å²) in [7, 11) is 0. The summed E-state index contributed by atoms with van der Waals surface area (Å²) < 4.78 is 17.0. The molecular formula is C39H70O5. The Hall–Kier alpha value is -1.88. The van der Waals surface area contributed by atoms with E-state index in [2.05, 4.69) is 57.2 Å². The molecule has 5 nitrogen and oxygen atoms in total. The zero-order valence-corrected chi connectivity index (χ0v) is 29.2. The quantitative estimate of drug-likeness (QED) is 0.0416. The minimum Gasteiger partial charge on any atom is -0.462 e. The van der Waals surface area contributed by atoms with Crippen molar-refractivity contribution in [2.45, 2.75) is 181 Å². The fourth-order valence-corrected chi connectivity index (χ4v) is 4.93. The minimum atomic E-state index is -0.535. The summed E-state index contributed by atoms with van der Waals surface area (Å²) >= 11 is 0. The minimum absolute atomic E-state index is 0.0724. The Labute approximate surface area is 272 Å². The lowest BCUT2D eigenvalue weighted by Crippen LogP contribution is -2.30. The average Bonchev–Trinajstić information content (AvgIpc) is 3.02. The molecule has 0 spiro atoms. The van der Waals surface area contributed by atoms with E-state index in [-0.39, 0.29) is 25.2 Å². The van der Waals surface area contributed by atoms with E-state index in [1.165, 1.54) is 64.2 Å². The molecular weight excluding hydrogens is 548 g/mol. The molecule has 0 saturated heterocycles. The maximum atomic E-state index is 12.4. The van der Waals surface area contributed by atoms with Crippen LogP contribution in [-0.2, 0) is 23.8 Å². The second-order valence-electron chi connectivity index (χ2n) is 12.1. The Balaban J connectivity index is 4.17. The molecule has 0 aliphatic rings. The smallest absolute Gasteiger partial charge is 0.306 e. The molecule has 1 atom stereocenters. The molecule has 0 aromatic heterocycles. The van der Waals surface area contributed by atoms with Crippen LogP contribution in [0.3, 0.4) is 0 Å². The molecule has 0 rings (SSSR count). The van der Waals surface area contributed by atoms with Gasteiger partial charge in [0.1, 0.15) is 6.61 Å². The van der Waals surface area contributed by atoms with Crippen molar-refractivity contribution in [1.82, 2.24) is 0 Å². The third-order valence-electron chi connectivity index (χ3n) is 7.69. The van der Waals surface area contributed by atoms with Crippen molar-refractivity contribution in [2.75, 3.05) is 19.8 Å². The van der Waals surface area contributed by atoms with Gasteiger partial charge >= 0.3 is 11.9 Å². The summed E-state index contributed by atoms with van der Waals surface area (Å²) in [5, 5.41) is 0. The van der Waals surface area contributed by atoms with Crippen molar-refractivity contribution < 1.29 is 23.8 Å². The first-order chi connectivity index (χ1) is 21.6. The lowest BCUT2D eigenvalue weighted by molar-refractivity contribution is -0.163. The molecule has 0 saturated carbocycles. The Kier molecular flexibility index (Phi) is 34.1. The van der Waals surface area contributed by atoms with Gasteiger partial charge in [-0.05, 0) is 51.4 Å². The van der Waals surface area contributed by atoms with E-state index in [1.54, 1.807) is 0 Å². The van der Waals surface area contributed by atoms with Crippen LogP contribution in [0.4, 0.5) is 0 Å². The molecule has 0 bridgehead atoms. The molecule has 0 heterocycles. The van der Waals surface area contributed by atoms with Crippen LogP contribution in [0.1, 0.15) is 175 Å². The second-order valence-corrected chi connectivity index (χ2v) is 12.1.